The first-order valence-corrected chi connectivity index (χ1v) is 8.48. The zero-order valence-electron chi connectivity index (χ0n) is 13.6. The highest BCUT2D eigenvalue weighted by Crippen LogP contribution is 2.30. The number of carbonyl (C=O) groups is 1. The molecule has 3 aromatic carbocycles. The highest BCUT2D eigenvalue weighted by molar-refractivity contribution is 9.10. The minimum Gasteiger partial charge on any atom is -0.496 e. The predicted octanol–water partition coefficient (Wildman–Crippen LogP) is 4.85. The van der Waals surface area contributed by atoms with E-state index in [4.69, 9.17) is 4.74 Å². The molecule has 0 bridgehead atoms. The van der Waals surface area contributed by atoms with Crippen LogP contribution in [0, 0.1) is 6.92 Å². The number of aryl methyl sites for hydroxylation is 1. The van der Waals surface area contributed by atoms with Crippen molar-refractivity contribution in [2.45, 2.75) is 13.5 Å². The summed E-state index contributed by atoms with van der Waals surface area (Å²) in [5.74, 6) is 0.681. The van der Waals surface area contributed by atoms with Crippen LogP contribution in [-0.4, -0.2) is 13.0 Å². The summed E-state index contributed by atoms with van der Waals surface area (Å²) >= 11 is 3.49. The van der Waals surface area contributed by atoms with Crippen LogP contribution in [0.25, 0.3) is 10.8 Å². The van der Waals surface area contributed by atoms with Gasteiger partial charge in [0.15, 0.2) is 0 Å². The van der Waals surface area contributed by atoms with Gasteiger partial charge < -0.3 is 10.1 Å². The van der Waals surface area contributed by atoms with Crippen molar-refractivity contribution in [3.63, 3.8) is 0 Å². The molecule has 0 saturated heterocycles. The third kappa shape index (κ3) is 3.44. The highest BCUT2D eigenvalue weighted by Gasteiger charge is 2.11. The molecule has 24 heavy (non-hydrogen) atoms. The van der Waals surface area contributed by atoms with E-state index in [1.165, 1.54) is 0 Å². The van der Waals surface area contributed by atoms with Crippen LogP contribution in [0.4, 0.5) is 0 Å². The predicted molar refractivity (Wildman–Crippen MR) is 101 cm³/mol. The molecule has 1 N–H and O–H groups in total. The molecule has 3 aromatic rings. The van der Waals surface area contributed by atoms with Crippen molar-refractivity contribution in [3.8, 4) is 5.75 Å². The van der Waals surface area contributed by atoms with E-state index >= 15 is 0 Å². The fourth-order valence-electron chi connectivity index (χ4n) is 2.69. The maximum Gasteiger partial charge on any atom is 0.251 e. The van der Waals surface area contributed by atoms with Crippen LogP contribution >= 0.6 is 15.9 Å². The molecule has 0 spiro atoms. The molecule has 0 heterocycles. The minimum atomic E-state index is -0.0915. The third-order valence-electron chi connectivity index (χ3n) is 4.01. The maximum atomic E-state index is 12.4. The molecule has 0 unspecified atom stereocenters. The van der Waals surface area contributed by atoms with Crippen LogP contribution in [0.3, 0.4) is 0 Å². The number of hydrogen-bond acceptors (Lipinski definition) is 2. The average Bonchev–Trinajstić information content (AvgIpc) is 2.59. The van der Waals surface area contributed by atoms with E-state index in [0.717, 1.165) is 32.1 Å². The number of benzene rings is 3. The van der Waals surface area contributed by atoms with Gasteiger partial charge in [-0.05, 0) is 48.0 Å². The molecule has 4 heteroatoms. The summed E-state index contributed by atoms with van der Waals surface area (Å²) < 4.78 is 6.50. The fourth-order valence-corrected chi connectivity index (χ4v) is 3.07. The van der Waals surface area contributed by atoms with Gasteiger partial charge in [-0.25, -0.2) is 0 Å². The number of hydrogen-bond donors (Lipinski definition) is 1. The van der Waals surface area contributed by atoms with Crippen molar-refractivity contribution in [1.29, 1.82) is 0 Å². The summed E-state index contributed by atoms with van der Waals surface area (Å²) in [6.07, 6.45) is 0. The second kappa shape index (κ2) is 7.05. The van der Waals surface area contributed by atoms with E-state index < -0.39 is 0 Å². The van der Waals surface area contributed by atoms with Crippen LogP contribution in [-0.2, 0) is 6.54 Å². The Labute approximate surface area is 149 Å². The largest absolute Gasteiger partial charge is 0.496 e. The Morgan fingerprint density at radius 2 is 1.83 bits per heavy atom. The Balaban J connectivity index is 1.88. The molecule has 0 aliphatic heterocycles. The average molecular weight is 384 g/mol. The Bertz CT molecular complexity index is 888. The van der Waals surface area contributed by atoms with Gasteiger partial charge >= 0.3 is 0 Å². The van der Waals surface area contributed by atoms with Gasteiger partial charge in [0, 0.05) is 22.1 Å². The summed E-state index contributed by atoms with van der Waals surface area (Å²) in [5, 5.41) is 5.16. The van der Waals surface area contributed by atoms with E-state index in [1.807, 2.05) is 55.5 Å². The van der Waals surface area contributed by atoms with Crippen molar-refractivity contribution in [3.05, 3.63) is 75.8 Å². The summed E-state index contributed by atoms with van der Waals surface area (Å²) in [6, 6.07) is 17.6. The minimum absolute atomic E-state index is 0.0915. The number of rotatable bonds is 4. The van der Waals surface area contributed by atoms with Gasteiger partial charge in [0.05, 0.1) is 7.11 Å². The number of fused-ring (bicyclic) bond motifs is 1. The topological polar surface area (TPSA) is 38.3 Å². The first-order chi connectivity index (χ1) is 11.6. The van der Waals surface area contributed by atoms with Crippen molar-refractivity contribution >= 4 is 32.6 Å². The molecule has 3 rings (SSSR count). The first kappa shape index (κ1) is 16.5. The Morgan fingerprint density at radius 1 is 1.08 bits per heavy atom. The summed E-state index contributed by atoms with van der Waals surface area (Å²) in [5.41, 5.74) is 2.76. The molecule has 122 valence electrons. The Morgan fingerprint density at radius 3 is 2.54 bits per heavy atom. The van der Waals surface area contributed by atoms with E-state index in [0.29, 0.717) is 12.1 Å². The number of methoxy groups -OCH3 is 1. The fraction of sp³-hybridized carbons (Fsp3) is 0.150. The van der Waals surface area contributed by atoms with Crippen molar-refractivity contribution in [2.24, 2.45) is 0 Å². The van der Waals surface area contributed by atoms with Crippen LogP contribution < -0.4 is 10.1 Å². The van der Waals surface area contributed by atoms with Gasteiger partial charge in [-0.3, -0.25) is 4.79 Å². The van der Waals surface area contributed by atoms with E-state index in [9.17, 15) is 4.79 Å². The number of amides is 1. The van der Waals surface area contributed by atoms with Crippen molar-refractivity contribution in [2.75, 3.05) is 7.11 Å². The normalized spacial score (nSPS) is 10.6. The van der Waals surface area contributed by atoms with Crippen LogP contribution in [0.1, 0.15) is 21.5 Å². The quantitative estimate of drug-likeness (QED) is 0.699. The van der Waals surface area contributed by atoms with Gasteiger partial charge in [-0.1, -0.05) is 45.8 Å². The molecule has 0 fully saturated rings. The van der Waals surface area contributed by atoms with Gasteiger partial charge in [0.1, 0.15) is 5.75 Å². The lowest BCUT2D eigenvalue weighted by molar-refractivity contribution is 0.0951. The van der Waals surface area contributed by atoms with E-state index in [-0.39, 0.29) is 5.91 Å². The molecule has 1 amide bonds. The molecular formula is C20H18BrNO2. The van der Waals surface area contributed by atoms with Crippen LogP contribution in [0.5, 0.6) is 5.75 Å². The van der Waals surface area contributed by atoms with Crippen LogP contribution in [0.2, 0.25) is 0 Å². The summed E-state index contributed by atoms with van der Waals surface area (Å²) in [6.45, 7) is 2.41. The molecular weight excluding hydrogens is 366 g/mol. The molecule has 0 atom stereocenters. The van der Waals surface area contributed by atoms with Gasteiger partial charge in [-0.15, -0.1) is 0 Å². The lowest BCUT2D eigenvalue weighted by Crippen LogP contribution is -2.23. The number of ether oxygens (including phenoxy) is 1. The first-order valence-electron chi connectivity index (χ1n) is 7.68. The Hall–Kier alpha value is -2.33. The van der Waals surface area contributed by atoms with Crippen molar-refractivity contribution < 1.29 is 9.53 Å². The monoisotopic (exact) mass is 383 g/mol. The number of halogens is 1. The summed E-state index contributed by atoms with van der Waals surface area (Å²) in [4.78, 5) is 12.4. The van der Waals surface area contributed by atoms with Gasteiger partial charge in [0.2, 0.25) is 0 Å². The molecule has 0 aliphatic carbocycles. The zero-order valence-corrected chi connectivity index (χ0v) is 15.2. The molecule has 0 aromatic heterocycles. The SMILES string of the molecule is COc1ccc2cc(Br)ccc2c1CNC(=O)c1ccc(C)cc1. The summed E-state index contributed by atoms with van der Waals surface area (Å²) in [7, 11) is 1.64. The Kier molecular flexibility index (Phi) is 4.86. The molecule has 0 radical (unpaired) electrons. The van der Waals surface area contributed by atoms with E-state index in [2.05, 4.69) is 27.3 Å². The van der Waals surface area contributed by atoms with Gasteiger partial charge in [0.25, 0.3) is 5.91 Å². The molecule has 0 saturated carbocycles. The molecule has 0 aliphatic rings. The molecule has 3 nitrogen and oxygen atoms in total. The number of nitrogens with one attached hydrogen (secondary N) is 1. The lowest BCUT2D eigenvalue weighted by atomic mass is 10.0. The van der Waals surface area contributed by atoms with E-state index in [1.54, 1.807) is 7.11 Å². The number of carbonyl (C=O) groups excluding carboxylic acids is 1. The standard InChI is InChI=1S/C20H18BrNO2/c1-13-3-5-14(6-4-13)20(23)22-12-18-17-9-8-16(21)11-15(17)7-10-19(18)24-2/h3-11H,12H2,1-2H3,(H,22,23). The lowest BCUT2D eigenvalue weighted by Gasteiger charge is -2.13. The third-order valence-corrected chi connectivity index (χ3v) is 4.50. The van der Waals surface area contributed by atoms with Crippen LogP contribution in [0.15, 0.2) is 59.1 Å². The van der Waals surface area contributed by atoms with Crippen molar-refractivity contribution in [1.82, 2.24) is 5.32 Å². The maximum absolute atomic E-state index is 12.4. The zero-order chi connectivity index (χ0) is 17.1. The second-order valence-corrected chi connectivity index (χ2v) is 6.58. The second-order valence-electron chi connectivity index (χ2n) is 5.66. The smallest absolute Gasteiger partial charge is 0.251 e. The van der Waals surface area contributed by atoms with Gasteiger partial charge in [-0.2, -0.15) is 0 Å². The highest BCUT2D eigenvalue weighted by atomic mass is 79.9.